The van der Waals surface area contributed by atoms with Crippen LogP contribution < -0.4 is 0 Å². The lowest BCUT2D eigenvalue weighted by Gasteiger charge is -2.50. The van der Waals surface area contributed by atoms with E-state index in [4.69, 9.17) is 4.74 Å². The lowest BCUT2D eigenvalue weighted by Crippen LogP contribution is -2.63. The maximum absolute atomic E-state index is 12.9. The molecule has 0 saturated carbocycles. The molecular formula is C20H25N3O2S. The lowest BCUT2D eigenvalue weighted by atomic mass is 9.85. The normalized spacial score (nSPS) is 20.4. The average Bonchev–Trinajstić information content (AvgIpc) is 3.23. The van der Waals surface area contributed by atoms with Crippen LogP contribution in [0.1, 0.15) is 28.2 Å². The summed E-state index contributed by atoms with van der Waals surface area (Å²) in [5.41, 5.74) is 1.22. The van der Waals surface area contributed by atoms with Crippen molar-refractivity contribution in [3.05, 3.63) is 52.5 Å². The molecule has 6 heteroatoms. The van der Waals surface area contributed by atoms with Crippen LogP contribution in [0.5, 0.6) is 0 Å². The zero-order chi connectivity index (χ0) is 17.8. The van der Waals surface area contributed by atoms with Crippen LogP contribution in [-0.4, -0.2) is 65.6 Å². The van der Waals surface area contributed by atoms with Crippen LogP contribution in [0.2, 0.25) is 0 Å². The number of carbonyl (C=O) groups is 1. The van der Waals surface area contributed by atoms with Gasteiger partial charge in [-0.25, -0.2) is 4.98 Å². The number of piperidine rings is 1. The van der Waals surface area contributed by atoms with Gasteiger partial charge in [-0.2, -0.15) is 0 Å². The first-order chi connectivity index (χ1) is 12.8. The van der Waals surface area contributed by atoms with Crippen LogP contribution >= 0.6 is 11.3 Å². The quantitative estimate of drug-likeness (QED) is 0.829. The van der Waals surface area contributed by atoms with Crippen LogP contribution in [0.15, 0.2) is 41.9 Å². The fourth-order valence-corrected chi connectivity index (χ4v) is 4.62. The molecule has 2 aromatic rings. The van der Waals surface area contributed by atoms with Crippen LogP contribution in [-0.2, 0) is 11.2 Å². The molecule has 0 N–H and O–H groups in total. The monoisotopic (exact) mass is 371 g/mol. The van der Waals surface area contributed by atoms with E-state index in [2.05, 4.69) is 40.2 Å². The van der Waals surface area contributed by atoms with E-state index >= 15 is 0 Å². The molecule has 2 aliphatic heterocycles. The Bertz CT molecular complexity index is 712. The Kier molecular flexibility index (Phi) is 5.33. The highest BCUT2D eigenvalue weighted by atomic mass is 32.1. The Labute approximate surface area is 158 Å². The number of ether oxygens (including phenoxy) is 1. The fraction of sp³-hybridized carbons (Fsp3) is 0.500. The van der Waals surface area contributed by atoms with E-state index in [9.17, 15) is 4.79 Å². The number of rotatable bonds is 4. The second kappa shape index (κ2) is 7.86. The minimum Gasteiger partial charge on any atom is -0.377 e. The third-order valence-corrected chi connectivity index (χ3v) is 6.37. The fourth-order valence-electron chi connectivity index (χ4n) is 4.03. The Hall–Kier alpha value is -1.76. The Balaban J connectivity index is 1.38. The first-order valence-electron chi connectivity index (χ1n) is 9.32. The summed E-state index contributed by atoms with van der Waals surface area (Å²) in [7, 11) is 0. The van der Waals surface area contributed by atoms with Crippen LogP contribution in [0.4, 0.5) is 0 Å². The zero-order valence-corrected chi connectivity index (χ0v) is 15.8. The van der Waals surface area contributed by atoms with Gasteiger partial charge in [-0.3, -0.25) is 4.79 Å². The summed E-state index contributed by atoms with van der Waals surface area (Å²) < 4.78 is 5.80. The van der Waals surface area contributed by atoms with Crippen molar-refractivity contribution in [2.75, 3.05) is 39.4 Å². The summed E-state index contributed by atoms with van der Waals surface area (Å²) in [6.07, 6.45) is 4.72. The number of likely N-dealkylation sites (tertiary alicyclic amines) is 1. The van der Waals surface area contributed by atoms with Crippen LogP contribution in [0.3, 0.4) is 0 Å². The number of amides is 1. The molecule has 0 radical (unpaired) electrons. The first-order valence-corrected chi connectivity index (χ1v) is 10.2. The summed E-state index contributed by atoms with van der Waals surface area (Å²) in [6, 6.07) is 10.6. The molecule has 2 fully saturated rings. The topological polar surface area (TPSA) is 45.7 Å². The molecule has 4 rings (SSSR count). The first kappa shape index (κ1) is 17.6. The van der Waals surface area contributed by atoms with Crippen molar-refractivity contribution in [2.24, 2.45) is 0 Å². The molecule has 1 aromatic carbocycles. The van der Waals surface area contributed by atoms with E-state index in [-0.39, 0.29) is 11.4 Å². The molecule has 0 aliphatic carbocycles. The number of carbonyl (C=O) groups excluding carboxylic acids is 1. The van der Waals surface area contributed by atoms with Gasteiger partial charge in [-0.1, -0.05) is 30.3 Å². The highest BCUT2D eigenvalue weighted by Gasteiger charge is 2.45. The van der Waals surface area contributed by atoms with Crippen molar-refractivity contribution in [1.29, 1.82) is 0 Å². The van der Waals surface area contributed by atoms with Crippen molar-refractivity contribution < 1.29 is 9.53 Å². The molecule has 3 heterocycles. The van der Waals surface area contributed by atoms with E-state index in [1.807, 2.05) is 10.3 Å². The molecule has 0 atom stereocenters. The van der Waals surface area contributed by atoms with Gasteiger partial charge in [0.2, 0.25) is 0 Å². The van der Waals surface area contributed by atoms with Gasteiger partial charge < -0.3 is 14.5 Å². The average molecular weight is 372 g/mol. The maximum Gasteiger partial charge on any atom is 0.283 e. The van der Waals surface area contributed by atoms with Crippen LogP contribution in [0.25, 0.3) is 0 Å². The lowest BCUT2D eigenvalue weighted by molar-refractivity contribution is -0.0775. The van der Waals surface area contributed by atoms with Crippen LogP contribution in [0, 0.1) is 0 Å². The molecule has 1 aromatic heterocycles. The minimum atomic E-state index is -0.162. The second-order valence-electron chi connectivity index (χ2n) is 7.15. The van der Waals surface area contributed by atoms with Crippen molar-refractivity contribution >= 4 is 17.2 Å². The molecule has 1 spiro atoms. The van der Waals surface area contributed by atoms with E-state index in [0.717, 1.165) is 38.9 Å². The Morgan fingerprint density at radius 2 is 2.00 bits per heavy atom. The van der Waals surface area contributed by atoms with E-state index in [1.165, 1.54) is 16.9 Å². The van der Waals surface area contributed by atoms with Gasteiger partial charge in [0.25, 0.3) is 5.91 Å². The number of hydrogen-bond donors (Lipinski definition) is 0. The summed E-state index contributed by atoms with van der Waals surface area (Å²) >= 11 is 1.42. The van der Waals surface area contributed by atoms with Crippen molar-refractivity contribution in [2.45, 2.75) is 24.8 Å². The SMILES string of the molecule is O=C(c1nccs1)N1CCOCC12CCN(CCc1ccccc1)CC2. The van der Waals surface area contributed by atoms with Gasteiger partial charge in [0.15, 0.2) is 5.01 Å². The smallest absolute Gasteiger partial charge is 0.283 e. The van der Waals surface area contributed by atoms with Gasteiger partial charge in [0.05, 0.1) is 18.8 Å². The Morgan fingerprint density at radius 1 is 1.19 bits per heavy atom. The Morgan fingerprint density at radius 3 is 2.73 bits per heavy atom. The summed E-state index contributed by atoms with van der Waals surface area (Å²) in [5, 5.41) is 2.46. The van der Waals surface area contributed by atoms with Gasteiger partial charge in [0, 0.05) is 37.8 Å². The highest BCUT2D eigenvalue weighted by molar-refractivity contribution is 7.11. The number of morpholine rings is 1. The van der Waals surface area contributed by atoms with E-state index < -0.39 is 0 Å². The van der Waals surface area contributed by atoms with Gasteiger partial charge >= 0.3 is 0 Å². The third kappa shape index (κ3) is 3.68. The van der Waals surface area contributed by atoms with Gasteiger partial charge in [-0.05, 0) is 24.8 Å². The molecule has 0 unspecified atom stereocenters. The maximum atomic E-state index is 12.9. The molecule has 138 valence electrons. The molecule has 2 saturated heterocycles. The summed E-state index contributed by atoms with van der Waals surface area (Å²) in [4.78, 5) is 21.7. The number of thiazole rings is 1. The molecular weight excluding hydrogens is 346 g/mol. The third-order valence-electron chi connectivity index (χ3n) is 5.61. The number of nitrogens with zero attached hydrogens (tertiary/aromatic N) is 3. The summed E-state index contributed by atoms with van der Waals surface area (Å²) in [5.74, 6) is 0.0704. The molecule has 1 amide bonds. The predicted octanol–water partition coefficient (Wildman–Crippen LogP) is 2.69. The zero-order valence-electron chi connectivity index (χ0n) is 15.0. The number of benzene rings is 1. The van der Waals surface area contributed by atoms with Crippen molar-refractivity contribution in [3.8, 4) is 0 Å². The van der Waals surface area contributed by atoms with Gasteiger partial charge in [-0.15, -0.1) is 11.3 Å². The minimum absolute atomic E-state index is 0.0704. The standard InChI is InChI=1S/C20H25N3O2S/c24-19(18-21-9-15-26-18)23-13-14-25-16-20(23)7-11-22(12-8-20)10-6-17-4-2-1-3-5-17/h1-5,9,15H,6-8,10-14,16H2. The summed E-state index contributed by atoms with van der Waals surface area (Å²) in [6.45, 7) is 5.03. The van der Waals surface area contributed by atoms with Gasteiger partial charge in [0.1, 0.15) is 0 Å². The molecule has 0 bridgehead atoms. The predicted molar refractivity (Wildman–Crippen MR) is 103 cm³/mol. The molecule has 5 nitrogen and oxygen atoms in total. The number of aromatic nitrogens is 1. The highest BCUT2D eigenvalue weighted by Crippen LogP contribution is 2.33. The van der Waals surface area contributed by atoms with E-state index in [0.29, 0.717) is 24.8 Å². The van der Waals surface area contributed by atoms with Crippen molar-refractivity contribution in [3.63, 3.8) is 0 Å². The molecule has 2 aliphatic rings. The molecule has 26 heavy (non-hydrogen) atoms. The second-order valence-corrected chi connectivity index (χ2v) is 8.04. The number of hydrogen-bond acceptors (Lipinski definition) is 5. The largest absolute Gasteiger partial charge is 0.377 e. The van der Waals surface area contributed by atoms with Crippen molar-refractivity contribution in [1.82, 2.24) is 14.8 Å². The van der Waals surface area contributed by atoms with E-state index in [1.54, 1.807) is 6.20 Å².